The number of nitrogens with one attached hydrogen (secondary N) is 3. The van der Waals surface area contributed by atoms with Crippen LogP contribution >= 0.6 is 22.6 Å². The Balaban J connectivity index is 1.35. The maximum Gasteiger partial charge on any atom is 0.256 e. The smallest absolute Gasteiger partial charge is 0.256 e. The second-order valence-electron chi connectivity index (χ2n) is 9.93. The molecule has 1 aromatic heterocycles. The minimum Gasteiger partial charge on any atom is -0.389 e. The number of carbonyl (C=O) groups excluding carboxylic acids is 1. The van der Waals surface area contributed by atoms with Crippen LogP contribution in [0.3, 0.4) is 0 Å². The lowest BCUT2D eigenvalue weighted by Crippen LogP contribution is -2.72. The van der Waals surface area contributed by atoms with Gasteiger partial charge in [-0.2, -0.15) is 0 Å². The second kappa shape index (κ2) is 8.95. The zero-order valence-corrected chi connectivity index (χ0v) is 21.6. The van der Waals surface area contributed by atoms with Crippen molar-refractivity contribution in [3.05, 3.63) is 45.3 Å². The van der Waals surface area contributed by atoms with Crippen molar-refractivity contribution in [1.82, 2.24) is 25.6 Å². The van der Waals surface area contributed by atoms with E-state index in [1.807, 2.05) is 36.4 Å². The number of nitrogens with zero attached hydrogens (tertiary/aromatic N) is 3. The van der Waals surface area contributed by atoms with E-state index in [2.05, 4.69) is 26.0 Å². The van der Waals surface area contributed by atoms with Gasteiger partial charge in [-0.05, 0) is 86.0 Å². The summed E-state index contributed by atoms with van der Waals surface area (Å²) in [5.74, 6) is -0.726. The number of H-pyrrole nitrogens is 1. The van der Waals surface area contributed by atoms with Crippen LogP contribution in [0.5, 0.6) is 0 Å². The minimum atomic E-state index is -1.11. The van der Waals surface area contributed by atoms with E-state index in [4.69, 9.17) is 0 Å². The Kier molecular flexibility index (Phi) is 6.22. The standard InChI is InChI=1S/C24H28FIN6O3/c1-13(27-21-4-3-7-23(21,2)34)24(35)11-32(12-24)22(33)15-9-19-20(30-31-29-19)10-18(15)28-17-6-5-14(26)8-16(17)25/h5-6,8-10,13,21,27-28,34-35H,3-4,7,11-12H2,1-2H3,(H,29,30,31)/t13-,21?,23?/m0/s1. The average molecular weight is 594 g/mol. The van der Waals surface area contributed by atoms with Crippen LogP contribution in [0.25, 0.3) is 11.0 Å². The van der Waals surface area contributed by atoms with Gasteiger partial charge in [-0.15, -0.1) is 5.10 Å². The fraction of sp³-hybridized carbons (Fsp3) is 0.458. The topological polar surface area (TPSA) is 126 Å². The molecule has 1 saturated carbocycles. The Hall–Kier alpha value is -2.35. The van der Waals surface area contributed by atoms with Crippen molar-refractivity contribution in [3.63, 3.8) is 0 Å². The summed E-state index contributed by atoms with van der Waals surface area (Å²) in [5.41, 5.74) is 0.173. The molecular formula is C24H28FIN6O3. The third-order valence-electron chi connectivity index (χ3n) is 7.30. The number of amides is 1. The first-order valence-corrected chi connectivity index (χ1v) is 12.7. The Morgan fingerprint density at radius 1 is 1.29 bits per heavy atom. The largest absolute Gasteiger partial charge is 0.389 e. The molecule has 1 saturated heterocycles. The third-order valence-corrected chi connectivity index (χ3v) is 7.97. The van der Waals surface area contributed by atoms with Crippen LogP contribution in [0.15, 0.2) is 30.3 Å². The Bertz CT molecular complexity index is 1280. The van der Waals surface area contributed by atoms with Crippen molar-refractivity contribution < 1.29 is 19.4 Å². The van der Waals surface area contributed by atoms with Crippen molar-refractivity contribution in [2.45, 2.75) is 56.4 Å². The predicted molar refractivity (Wildman–Crippen MR) is 138 cm³/mol. The van der Waals surface area contributed by atoms with Crippen LogP contribution < -0.4 is 10.6 Å². The number of carbonyl (C=O) groups is 1. The highest BCUT2D eigenvalue weighted by molar-refractivity contribution is 14.1. The SMILES string of the molecule is C[C@H](NC1CCCC1(C)O)C1(O)CN(C(=O)c2cc3[nH]nnc3cc2Nc2ccc(I)cc2F)C1. The first-order chi connectivity index (χ1) is 16.6. The fourth-order valence-electron chi connectivity index (χ4n) is 4.98. The number of benzene rings is 2. The highest BCUT2D eigenvalue weighted by Gasteiger charge is 2.50. The van der Waals surface area contributed by atoms with Crippen LogP contribution in [0.1, 0.15) is 43.5 Å². The van der Waals surface area contributed by atoms with Gasteiger partial charge in [-0.1, -0.05) is 5.21 Å². The monoisotopic (exact) mass is 594 g/mol. The minimum absolute atomic E-state index is 0.0961. The van der Waals surface area contributed by atoms with Gasteiger partial charge in [0, 0.05) is 15.7 Å². The van der Waals surface area contributed by atoms with Crippen molar-refractivity contribution in [3.8, 4) is 0 Å². The second-order valence-corrected chi connectivity index (χ2v) is 11.2. The number of hydrogen-bond donors (Lipinski definition) is 5. The number of fused-ring (bicyclic) bond motifs is 1. The van der Waals surface area contributed by atoms with Crippen molar-refractivity contribution in [1.29, 1.82) is 0 Å². The van der Waals surface area contributed by atoms with E-state index in [9.17, 15) is 19.4 Å². The van der Waals surface area contributed by atoms with Gasteiger partial charge in [0.15, 0.2) is 0 Å². The van der Waals surface area contributed by atoms with Gasteiger partial charge in [0.25, 0.3) is 5.91 Å². The molecular weight excluding hydrogens is 566 g/mol. The number of rotatable bonds is 6. The highest BCUT2D eigenvalue weighted by atomic mass is 127. The molecule has 11 heteroatoms. The number of hydrogen-bond acceptors (Lipinski definition) is 7. The lowest BCUT2D eigenvalue weighted by atomic mass is 9.85. The molecule has 1 aliphatic carbocycles. The molecule has 0 bridgehead atoms. The summed E-state index contributed by atoms with van der Waals surface area (Å²) < 4.78 is 15.3. The van der Waals surface area contributed by atoms with E-state index >= 15 is 0 Å². The zero-order valence-electron chi connectivity index (χ0n) is 19.5. The van der Waals surface area contributed by atoms with E-state index in [1.54, 1.807) is 29.2 Å². The average Bonchev–Trinajstić information content (AvgIpc) is 3.37. The van der Waals surface area contributed by atoms with Gasteiger partial charge in [0.2, 0.25) is 0 Å². The first-order valence-electron chi connectivity index (χ1n) is 11.6. The number of likely N-dealkylation sites (tertiary alicyclic amines) is 1. The summed E-state index contributed by atoms with van der Waals surface area (Å²) in [6.07, 6.45) is 2.50. The number of aromatic amines is 1. The van der Waals surface area contributed by atoms with Crippen LogP contribution in [0.4, 0.5) is 15.8 Å². The maximum absolute atomic E-state index is 14.5. The van der Waals surface area contributed by atoms with E-state index in [0.29, 0.717) is 22.3 Å². The number of anilines is 2. The van der Waals surface area contributed by atoms with Gasteiger partial charge in [0.1, 0.15) is 16.9 Å². The van der Waals surface area contributed by atoms with Crippen molar-refractivity contribution in [2.75, 3.05) is 18.4 Å². The molecule has 3 aromatic rings. The quantitative estimate of drug-likeness (QED) is 0.278. The predicted octanol–water partition coefficient (Wildman–Crippen LogP) is 2.91. The maximum atomic E-state index is 14.5. The zero-order chi connectivity index (χ0) is 25.0. The highest BCUT2D eigenvalue weighted by Crippen LogP contribution is 2.34. The Labute approximate surface area is 215 Å². The first kappa shape index (κ1) is 24.3. The Morgan fingerprint density at radius 3 is 2.74 bits per heavy atom. The van der Waals surface area contributed by atoms with Gasteiger partial charge < -0.3 is 25.7 Å². The number of halogens is 2. The summed E-state index contributed by atoms with van der Waals surface area (Å²) in [7, 11) is 0. The molecule has 2 aromatic carbocycles. The van der Waals surface area contributed by atoms with E-state index < -0.39 is 17.0 Å². The van der Waals surface area contributed by atoms with Crippen LogP contribution in [-0.2, 0) is 0 Å². The lowest BCUT2D eigenvalue weighted by molar-refractivity contribution is -0.106. The van der Waals surface area contributed by atoms with E-state index in [-0.39, 0.29) is 36.8 Å². The molecule has 2 fully saturated rings. The summed E-state index contributed by atoms with van der Waals surface area (Å²) in [5, 5.41) is 38.7. The van der Waals surface area contributed by atoms with Crippen molar-refractivity contribution in [2.24, 2.45) is 0 Å². The van der Waals surface area contributed by atoms with Crippen LogP contribution in [-0.4, -0.2) is 72.8 Å². The molecule has 35 heavy (non-hydrogen) atoms. The molecule has 2 aliphatic rings. The summed E-state index contributed by atoms with van der Waals surface area (Å²) in [6.45, 7) is 3.98. The molecule has 2 unspecified atom stereocenters. The van der Waals surface area contributed by atoms with Crippen LogP contribution in [0.2, 0.25) is 0 Å². The summed E-state index contributed by atoms with van der Waals surface area (Å²) in [4.78, 5) is 15.0. The van der Waals surface area contributed by atoms with Crippen molar-refractivity contribution >= 4 is 50.9 Å². The number of β-amino-alcohol motifs (C(OH)–C–C–N with tert-alkyl or cyclic N) is 1. The molecule has 2 heterocycles. The van der Waals surface area contributed by atoms with Crippen LogP contribution in [0, 0.1) is 9.39 Å². The third kappa shape index (κ3) is 4.61. The molecule has 0 spiro atoms. The molecule has 1 amide bonds. The molecule has 5 N–H and O–H groups in total. The van der Waals surface area contributed by atoms with Gasteiger partial charge in [-0.3, -0.25) is 9.89 Å². The lowest BCUT2D eigenvalue weighted by Gasteiger charge is -2.51. The Morgan fingerprint density at radius 2 is 2.06 bits per heavy atom. The number of aliphatic hydroxyl groups is 2. The normalized spacial score (nSPS) is 24.4. The van der Waals surface area contributed by atoms with Gasteiger partial charge in [-0.25, -0.2) is 4.39 Å². The molecule has 0 radical (unpaired) electrons. The summed E-state index contributed by atoms with van der Waals surface area (Å²) >= 11 is 2.03. The molecule has 1 aliphatic heterocycles. The van der Waals surface area contributed by atoms with E-state index in [0.717, 1.165) is 22.8 Å². The van der Waals surface area contributed by atoms with Gasteiger partial charge in [0.05, 0.1) is 41.1 Å². The molecule has 186 valence electrons. The van der Waals surface area contributed by atoms with Gasteiger partial charge >= 0.3 is 0 Å². The number of aromatic nitrogens is 3. The fourth-order valence-corrected chi connectivity index (χ4v) is 5.43. The molecule has 5 rings (SSSR count). The molecule has 9 nitrogen and oxygen atoms in total. The summed E-state index contributed by atoms with van der Waals surface area (Å²) in [6, 6.07) is 7.69. The van der Waals surface area contributed by atoms with E-state index in [1.165, 1.54) is 6.07 Å². The molecule has 3 atom stereocenters.